The molecule has 0 bridgehead atoms. The monoisotopic (exact) mass is 318 g/mol. The molecule has 0 radical (unpaired) electrons. The zero-order valence-corrected chi connectivity index (χ0v) is 12.9. The second-order valence-electron chi connectivity index (χ2n) is 5.00. The summed E-state index contributed by atoms with van der Waals surface area (Å²) >= 11 is 0. The maximum atomic E-state index is 12.0. The molecule has 0 aliphatic heterocycles. The van der Waals surface area contributed by atoms with Crippen LogP contribution in [0.2, 0.25) is 0 Å². The van der Waals surface area contributed by atoms with E-state index in [-0.39, 0.29) is 24.5 Å². The molecule has 0 aliphatic carbocycles. The Bertz CT molecular complexity index is 732. The van der Waals surface area contributed by atoms with Gasteiger partial charge in [-0.1, -0.05) is 0 Å². The number of rotatable bonds is 7. The van der Waals surface area contributed by atoms with Crippen LogP contribution in [0.5, 0.6) is 5.75 Å². The van der Waals surface area contributed by atoms with E-state index in [4.69, 9.17) is 4.74 Å². The fraction of sp³-hybridized carbons (Fsp3) is 0.333. The largest absolute Gasteiger partial charge is 0.497 e. The molecule has 2 rings (SSSR count). The second-order valence-corrected chi connectivity index (χ2v) is 5.00. The average Bonchev–Trinajstić information content (AvgIpc) is 2.99. The highest BCUT2D eigenvalue weighted by atomic mass is 16.5. The van der Waals surface area contributed by atoms with Crippen molar-refractivity contribution in [3.63, 3.8) is 0 Å². The van der Waals surface area contributed by atoms with E-state index in [1.54, 1.807) is 38.3 Å². The van der Waals surface area contributed by atoms with Crippen molar-refractivity contribution in [2.45, 2.75) is 25.8 Å². The van der Waals surface area contributed by atoms with Gasteiger partial charge in [-0.05, 0) is 31.2 Å². The van der Waals surface area contributed by atoms with Gasteiger partial charge in [-0.25, -0.2) is 9.89 Å². The SMILES string of the molecule is COc1ccc(C(=O)CCC(=O)N[C@H](C)c2n[nH]c(=O)[nH]2)cc1. The molecule has 8 nitrogen and oxygen atoms in total. The summed E-state index contributed by atoms with van der Waals surface area (Å²) in [6.45, 7) is 1.69. The Hall–Kier alpha value is -2.90. The number of aromatic nitrogens is 3. The molecule has 1 aromatic heterocycles. The van der Waals surface area contributed by atoms with Gasteiger partial charge in [0, 0.05) is 18.4 Å². The van der Waals surface area contributed by atoms with Crippen LogP contribution in [0.15, 0.2) is 29.1 Å². The number of ether oxygens (including phenoxy) is 1. The third-order valence-corrected chi connectivity index (χ3v) is 3.30. The molecule has 0 saturated carbocycles. The summed E-state index contributed by atoms with van der Waals surface area (Å²) in [5, 5.41) is 8.64. The summed E-state index contributed by atoms with van der Waals surface area (Å²) in [5.41, 5.74) is 0.0964. The summed E-state index contributed by atoms with van der Waals surface area (Å²) in [5.74, 6) is 0.595. The third kappa shape index (κ3) is 4.53. The molecule has 2 aromatic rings. The topological polar surface area (TPSA) is 117 Å². The molecule has 0 spiro atoms. The summed E-state index contributed by atoms with van der Waals surface area (Å²) in [6, 6.07) is 6.27. The van der Waals surface area contributed by atoms with E-state index < -0.39 is 11.7 Å². The number of hydrogen-bond donors (Lipinski definition) is 3. The maximum absolute atomic E-state index is 12.0. The van der Waals surface area contributed by atoms with Crippen LogP contribution in [0.25, 0.3) is 0 Å². The van der Waals surface area contributed by atoms with E-state index in [0.29, 0.717) is 17.1 Å². The highest BCUT2D eigenvalue weighted by Crippen LogP contribution is 2.13. The number of hydrogen-bond acceptors (Lipinski definition) is 5. The standard InChI is InChI=1S/C15H18N4O4/c1-9(14-17-15(22)19-18-14)16-13(21)8-7-12(20)10-3-5-11(23-2)6-4-10/h3-6,9H,7-8H2,1-2H3,(H,16,21)(H2,17,18,19,22)/t9-/m1/s1. The summed E-state index contributed by atoms with van der Waals surface area (Å²) < 4.78 is 5.03. The normalized spacial score (nSPS) is 11.7. The van der Waals surface area contributed by atoms with Gasteiger partial charge in [0.05, 0.1) is 13.2 Å². The van der Waals surface area contributed by atoms with Crippen molar-refractivity contribution in [2.75, 3.05) is 7.11 Å². The van der Waals surface area contributed by atoms with Gasteiger partial charge in [0.25, 0.3) is 0 Å². The Morgan fingerprint density at radius 2 is 1.96 bits per heavy atom. The highest BCUT2D eigenvalue weighted by molar-refractivity contribution is 5.98. The smallest absolute Gasteiger partial charge is 0.340 e. The Balaban J connectivity index is 1.83. The molecule has 1 atom stereocenters. The first-order chi connectivity index (χ1) is 11.0. The van der Waals surface area contributed by atoms with Crippen LogP contribution in [0.3, 0.4) is 0 Å². The van der Waals surface area contributed by atoms with E-state index in [0.717, 1.165) is 0 Å². The minimum absolute atomic E-state index is 0.0594. The molecule has 122 valence electrons. The van der Waals surface area contributed by atoms with Crippen LogP contribution in [0.1, 0.15) is 42.0 Å². The van der Waals surface area contributed by atoms with Gasteiger partial charge in [0.1, 0.15) is 5.75 Å². The molecule has 3 N–H and O–H groups in total. The fourth-order valence-electron chi connectivity index (χ4n) is 2.02. The number of aromatic amines is 2. The van der Waals surface area contributed by atoms with E-state index in [2.05, 4.69) is 20.5 Å². The van der Waals surface area contributed by atoms with Crippen molar-refractivity contribution in [3.8, 4) is 5.75 Å². The summed E-state index contributed by atoms with van der Waals surface area (Å²) in [7, 11) is 1.55. The number of amides is 1. The minimum Gasteiger partial charge on any atom is -0.497 e. The van der Waals surface area contributed by atoms with Gasteiger partial charge in [0.15, 0.2) is 11.6 Å². The van der Waals surface area contributed by atoms with Crippen LogP contribution < -0.4 is 15.7 Å². The van der Waals surface area contributed by atoms with Gasteiger partial charge >= 0.3 is 5.69 Å². The lowest BCUT2D eigenvalue weighted by Gasteiger charge is -2.10. The number of carbonyl (C=O) groups is 2. The Morgan fingerprint density at radius 3 is 2.52 bits per heavy atom. The number of methoxy groups -OCH3 is 1. The molecular weight excluding hydrogens is 300 g/mol. The Morgan fingerprint density at radius 1 is 1.26 bits per heavy atom. The highest BCUT2D eigenvalue weighted by Gasteiger charge is 2.14. The van der Waals surface area contributed by atoms with E-state index >= 15 is 0 Å². The number of benzene rings is 1. The molecule has 1 amide bonds. The molecule has 0 unspecified atom stereocenters. The van der Waals surface area contributed by atoms with Crippen LogP contribution in [-0.4, -0.2) is 34.0 Å². The quantitative estimate of drug-likeness (QED) is 0.657. The van der Waals surface area contributed by atoms with Crippen molar-refractivity contribution in [3.05, 3.63) is 46.1 Å². The first-order valence-corrected chi connectivity index (χ1v) is 7.11. The van der Waals surface area contributed by atoms with Crippen molar-refractivity contribution >= 4 is 11.7 Å². The lowest BCUT2D eigenvalue weighted by molar-refractivity contribution is -0.121. The van der Waals surface area contributed by atoms with Crippen LogP contribution >= 0.6 is 0 Å². The number of nitrogens with one attached hydrogen (secondary N) is 3. The van der Waals surface area contributed by atoms with Gasteiger partial charge in [-0.2, -0.15) is 5.10 Å². The summed E-state index contributed by atoms with van der Waals surface area (Å²) in [4.78, 5) is 37.3. The Kier molecular flexibility index (Phi) is 5.29. The lowest BCUT2D eigenvalue weighted by atomic mass is 10.1. The first-order valence-electron chi connectivity index (χ1n) is 7.11. The van der Waals surface area contributed by atoms with Crippen LogP contribution in [0.4, 0.5) is 0 Å². The van der Waals surface area contributed by atoms with Gasteiger partial charge < -0.3 is 10.1 Å². The second kappa shape index (κ2) is 7.39. The third-order valence-electron chi connectivity index (χ3n) is 3.30. The van der Waals surface area contributed by atoms with Crippen LogP contribution in [-0.2, 0) is 4.79 Å². The molecule has 0 aliphatic rings. The van der Waals surface area contributed by atoms with E-state index in [9.17, 15) is 14.4 Å². The molecule has 0 fully saturated rings. The van der Waals surface area contributed by atoms with Gasteiger partial charge in [-0.15, -0.1) is 0 Å². The van der Waals surface area contributed by atoms with Crippen molar-refractivity contribution < 1.29 is 14.3 Å². The predicted octanol–water partition coefficient (Wildman–Crippen LogP) is 0.947. The minimum atomic E-state index is -0.447. The van der Waals surface area contributed by atoms with Gasteiger partial charge in [0.2, 0.25) is 5.91 Å². The summed E-state index contributed by atoms with van der Waals surface area (Å²) in [6.07, 6.45) is 0.159. The molecule has 8 heteroatoms. The van der Waals surface area contributed by atoms with Crippen molar-refractivity contribution in [1.82, 2.24) is 20.5 Å². The number of ketones is 1. The predicted molar refractivity (Wildman–Crippen MR) is 82.3 cm³/mol. The zero-order chi connectivity index (χ0) is 16.8. The lowest BCUT2D eigenvalue weighted by Crippen LogP contribution is -2.27. The molecular formula is C15H18N4O4. The van der Waals surface area contributed by atoms with Crippen molar-refractivity contribution in [2.24, 2.45) is 0 Å². The van der Waals surface area contributed by atoms with Crippen LogP contribution in [0, 0.1) is 0 Å². The molecule has 1 aromatic carbocycles. The van der Waals surface area contributed by atoms with E-state index in [1.807, 2.05) is 0 Å². The Labute approximate surface area is 132 Å². The number of H-pyrrole nitrogens is 2. The molecule has 1 heterocycles. The van der Waals surface area contributed by atoms with Crippen molar-refractivity contribution in [1.29, 1.82) is 0 Å². The number of Topliss-reactive ketones (excluding diaryl/α,β-unsaturated/α-hetero) is 1. The number of carbonyl (C=O) groups excluding carboxylic acids is 2. The molecule has 23 heavy (non-hydrogen) atoms. The first kappa shape index (κ1) is 16.5. The number of nitrogens with zero attached hydrogens (tertiary/aromatic N) is 1. The van der Waals surface area contributed by atoms with E-state index in [1.165, 1.54) is 0 Å². The average molecular weight is 318 g/mol. The fourth-order valence-corrected chi connectivity index (χ4v) is 2.02. The maximum Gasteiger partial charge on any atom is 0.340 e. The molecule has 0 saturated heterocycles. The van der Waals surface area contributed by atoms with Gasteiger partial charge in [-0.3, -0.25) is 14.6 Å². The zero-order valence-electron chi connectivity index (χ0n) is 12.9.